The molecule has 2 aromatic rings. The Morgan fingerprint density at radius 3 is 3.00 bits per heavy atom. The number of aryl methyl sites for hydroxylation is 1. The molecule has 0 amide bonds. The summed E-state index contributed by atoms with van der Waals surface area (Å²) < 4.78 is 0. The fourth-order valence-corrected chi connectivity index (χ4v) is 3.05. The van der Waals surface area contributed by atoms with Crippen LogP contribution in [0.3, 0.4) is 0 Å². The molecule has 0 aromatic carbocycles. The van der Waals surface area contributed by atoms with Crippen LogP contribution in [0, 0.1) is 0 Å². The second-order valence-corrected chi connectivity index (χ2v) is 5.15. The molecule has 2 aromatic heterocycles. The largest absolute Gasteiger partial charge is 0.316 e. The summed E-state index contributed by atoms with van der Waals surface area (Å²) in [5, 5.41) is 3.47. The van der Waals surface area contributed by atoms with Gasteiger partial charge in [0.05, 0.1) is 0 Å². The molecule has 1 aliphatic carbocycles. The van der Waals surface area contributed by atoms with E-state index in [2.05, 4.69) is 27.4 Å². The molecule has 19 heavy (non-hydrogen) atoms. The predicted octanol–water partition coefficient (Wildman–Crippen LogP) is 2.34. The number of hydrogen-bond acceptors (Lipinski definition) is 3. The molecule has 0 spiro atoms. The Morgan fingerprint density at radius 1 is 1.32 bits per heavy atom. The van der Waals surface area contributed by atoms with Crippen LogP contribution in [0.5, 0.6) is 0 Å². The summed E-state index contributed by atoms with van der Waals surface area (Å²) >= 11 is 0. The first kappa shape index (κ1) is 12.3. The molecular weight excluding hydrogens is 234 g/mol. The highest BCUT2D eigenvalue weighted by molar-refractivity contribution is 5.30. The molecule has 2 heterocycles. The van der Waals surface area contributed by atoms with Gasteiger partial charge in [-0.05, 0) is 49.6 Å². The number of hydrogen-bond donors (Lipinski definition) is 1. The maximum Gasteiger partial charge on any atom is 0.0482 e. The van der Waals surface area contributed by atoms with Crippen LogP contribution in [-0.4, -0.2) is 23.1 Å². The Bertz CT molecular complexity index is 539. The highest BCUT2D eigenvalue weighted by atomic mass is 14.9. The normalized spacial score (nSPS) is 19.1. The molecule has 0 saturated carbocycles. The van der Waals surface area contributed by atoms with Gasteiger partial charge in [-0.3, -0.25) is 9.97 Å². The molecule has 1 N–H and O–H groups in total. The van der Waals surface area contributed by atoms with Crippen molar-refractivity contribution >= 4 is 0 Å². The van der Waals surface area contributed by atoms with Crippen molar-refractivity contribution in [3.63, 3.8) is 0 Å². The van der Waals surface area contributed by atoms with Gasteiger partial charge in [0.2, 0.25) is 0 Å². The molecule has 0 aliphatic heterocycles. The number of pyridine rings is 2. The third kappa shape index (κ3) is 2.51. The van der Waals surface area contributed by atoms with Gasteiger partial charge in [-0.15, -0.1) is 0 Å². The van der Waals surface area contributed by atoms with Crippen LogP contribution in [0.1, 0.15) is 29.2 Å². The third-order valence-corrected chi connectivity index (χ3v) is 4.04. The van der Waals surface area contributed by atoms with Gasteiger partial charge in [0.1, 0.15) is 0 Å². The van der Waals surface area contributed by atoms with Crippen LogP contribution < -0.4 is 5.32 Å². The first-order valence-corrected chi connectivity index (χ1v) is 6.88. The SMILES string of the molecule is CNC(Cc1cccnc1)C1CCc2cccnc21. The van der Waals surface area contributed by atoms with Gasteiger partial charge in [0, 0.05) is 36.2 Å². The zero-order valence-corrected chi connectivity index (χ0v) is 11.2. The Kier molecular flexibility index (Phi) is 3.56. The van der Waals surface area contributed by atoms with E-state index in [4.69, 9.17) is 0 Å². The van der Waals surface area contributed by atoms with Gasteiger partial charge >= 0.3 is 0 Å². The van der Waals surface area contributed by atoms with E-state index < -0.39 is 0 Å². The minimum atomic E-state index is 0.431. The van der Waals surface area contributed by atoms with Crippen molar-refractivity contribution < 1.29 is 0 Å². The predicted molar refractivity (Wildman–Crippen MR) is 76.1 cm³/mol. The van der Waals surface area contributed by atoms with Gasteiger partial charge < -0.3 is 5.32 Å². The minimum absolute atomic E-state index is 0.431. The number of rotatable bonds is 4. The molecule has 1 aliphatic rings. The van der Waals surface area contributed by atoms with Gasteiger partial charge in [-0.1, -0.05) is 12.1 Å². The Hall–Kier alpha value is -1.74. The van der Waals surface area contributed by atoms with Crippen LogP contribution >= 0.6 is 0 Å². The average Bonchev–Trinajstić information content (AvgIpc) is 2.90. The monoisotopic (exact) mass is 253 g/mol. The summed E-state index contributed by atoms with van der Waals surface area (Å²) in [4.78, 5) is 8.80. The van der Waals surface area contributed by atoms with E-state index in [9.17, 15) is 0 Å². The summed E-state index contributed by atoms with van der Waals surface area (Å²) in [6, 6.07) is 8.82. The van der Waals surface area contributed by atoms with Crippen molar-refractivity contribution in [2.24, 2.45) is 0 Å². The number of fused-ring (bicyclic) bond motifs is 1. The number of nitrogens with one attached hydrogen (secondary N) is 1. The summed E-state index contributed by atoms with van der Waals surface area (Å²) in [5.74, 6) is 0.515. The minimum Gasteiger partial charge on any atom is -0.316 e. The Balaban J connectivity index is 1.81. The summed E-state index contributed by atoms with van der Waals surface area (Å²) in [6.07, 6.45) is 9.04. The standard InChI is InChI=1S/C16H19N3/c1-17-15(10-12-4-2-8-18-11-12)14-7-6-13-5-3-9-19-16(13)14/h2-5,8-9,11,14-15,17H,6-7,10H2,1H3. The lowest BCUT2D eigenvalue weighted by atomic mass is 9.92. The molecule has 0 radical (unpaired) electrons. The molecule has 0 fully saturated rings. The molecule has 3 rings (SSSR count). The van der Waals surface area contributed by atoms with E-state index in [1.807, 2.05) is 37.8 Å². The van der Waals surface area contributed by atoms with Crippen LogP contribution in [0.25, 0.3) is 0 Å². The molecular formula is C16H19N3. The maximum atomic E-state index is 4.60. The zero-order chi connectivity index (χ0) is 13.1. The lowest BCUT2D eigenvalue weighted by molar-refractivity contribution is 0.450. The number of aromatic nitrogens is 2. The van der Waals surface area contributed by atoms with Crippen LogP contribution in [-0.2, 0) is 12.8 Å². The van der Waals surface area contributed by atoms with E-state index in [1.165, 1.54) is 23.2 Å². The summed E-state index contributed by atoms with van der Waals surface area (Å²) in [5.41, 5.74) is 3.98. The van der Waals surface area contributed by atoms with E-state index in [-0.39, 0.29) is 0 Å². The van der Waals surface area contributed by atoms with Crippen LogP contribution in [0.2, 0.25) is 0 Å². The van der Waals surface area contributed by atoms with Gasteiger partial charge in [-0.2, -0.15) is 0 Å². The summed E-state index contributed by atoms with van der Waals surface area (Å²) in [7, 11) is 2.04. The van der Waals surface area contributed by atoms with Crippen LogP contribution in [0.4, 0.5) is 0 Å². The van der Waals surface area contributed by atoms with Crippen molar-refractivity contribution in [2.75, 3.05) is 7.05 Å². The van der Waals surface area contributed by atoms with Crippen LogP contribution in [0.15, 0.2) is 42.9 Å². The van der Waals surface area contributed by atoms with Crippen molar-refractivity contribution in [3.05, 3.63) is 59.7 Å². The first-order chi connectivity index (χ1) is 9.38. The highest BCUT2D eigenvalue weighted by Crippen LogP contribution is 2.34. The van der Waals surface area contributed by atoms with Crippen molar-refractivity contribution in [1.29, 1.82) is 0 Å². The fourth-order valence-electron chi connectivity index (χ4n) is 3.05. The third-order valence-electron chi connectivity index (χ3n) is 4.04. The second-order valence-electron chi connectivity index (χ2n) is 5.15. The van der Waals surface area contributed by atoms with Gasteiger partial charge in [0.25, 0.3) is 0 Å². The van der Waals surface area contributed by atoms with Gasteiger partial charge in [-0.25, -0.2) is 0 Å². The number of nitrogens with zero attached hydrogens (tertiary/aromatic N) is 2. The summed E-state index contributed by atoms with van der Waals surface area (Å²) in [6.45, 7) is 0. The molecule has 3 nitrogen and oxygen atoms in total. The molecule has 98 valence electrons. The molecule has 2 atom stereocenters. The smallest absolute Gasteiger partial charge is 0.0482 e. The maximum absolute atomic E-state index is 4.60. The van der Waals surface area contributed by atoms with Crippen molar-refractivity contribution in [1.82, 2.24) is 15.3 Å². The first-order valence-electron chi connectivity index (χ1n) is 6.88. The lowest BCUT2D eigenvalue weighted by Crippen LogP contribution is -2.33. The molecule has 0 bridgehead atoms. The highest BCUT2D eigenvalue weighted by Gasteiger charge is 2.30. The topological polar surface area (TPSA) is 37.8 Å². The van der Waals surface area contributed by atoms with Crippen molar-refractivity contribution in [2.45, 2.75) is 31.2 Å². The molecule has 3 heteroatoms. The Morgan fingerprint density at radius 2 is 2.21 bits per heavy atom. The lowest BCUT2D eigenvalue weighted by Gasteiger charge is -2.23. The number of likely N-dealkylation sites (N-methyl/N-ethyl adjacent to an activating group) is 1. The van der Waals surface area contributed by atoms with E-state index in [0.29, 0.717) is 12.0 Å². The van der Waals surface area contributed by atoms with E-state index in [1.54, 1.807) is 0 Å². The fraction of sp³-hybridized carbons (Fsp3) is 0.375. The second kappa shape index (κ2) is 5.49. The Labute approximate surface area is 114 Å². The van der Waals surface area contributed by atoms with E-state index in [0.717, 1.165) is 12.8 Å². The average molecular weight is 253 g/mol. The molecule has 2 unspecified atom stereocenters. The van der Waals surface area contributed by atoms with Gasteiger partial charge in [0.15, 0.2) is 0 Å². The zero-order valence-electron chi connectivity index (χ0n) is 11.2. The van der Waals surface area contributed by atoms with E-state index >= 15 is 0 Å². The molecule has 0 saturated heterocycles. The van der Waals surface area contributed by atoms with Crippen molar-refractivity contribution in [3.8, 4) is 0 Å². The quantitative estimate of drug-likeness (QED) is 0.909.